The van der Waals surface area contributed by atoms with Crippen LogP contribution in [-0.2, 0) is 6.54 Å². The van der Waals surface area contributed by atoms with E-state index in [9.17, 15) is 9.50 Å². The molecule has 1 aromatic heterocycles. The molecule has 0 aliphatic carbocycles. The van der Waals surface area contributed by atoms with Crippen molar-refractivity contribution in [2.45, 2.75) is 6.54 Å². The number of nitrogens with zero attached hydrogens (tertiary/aromatic N) is 1. The second-order valence-electron chi connectivity index (χ2n) is 3.34. The van der Waals surface area contributed by atoms with E-state index in [1.54, 1.807) is 12.3 Å². The van der Waals surface area contributed by atoms with Crippen molar-refractivity contribution in [3.63, 3.8) is 0 Å². The van der Waals surface area contributed by atoms with Gasteiger partial charge < -0.3 is 10.4 Å². The van der Waals surface area contributed by atoms with Crippen LogP contribution in [0.15, 0.2) is 42.6 Å². The lowest BCUT2D eigenvalue weighted by Crippen LogP contribution is -2.01. The molecule has 0 unspecified atom stereocenters. The number of hydrogen-bond acceptors (Lipinski definition) is 3. The summed E-state index contributed by atoms with van der Waals surface area (Å²) in [4.78, 5) is 4.06. The van der Waals surface area contributed by atoms with Crippen molar-refractivity contribution in [2.75, 3.05) is 5.32 Å². The highest BCUT2D eigenvalue weighted by Crippen LogP contribution is 2.18. The molecule has 1 aromatic carbocycles. The summed E-state index contributed by atoms with van der Waals surface area (Å²) >= 11 is 0. The molecule has 0 spiro atoms. The number of pyridine rings is 1. The summed E-state index contributed by atoms with van der Waals surface area (Å²) < 4.78 is 12.9. The van der Waals surface area contributed by atoms with Gasteiger partial charge in [0.25, 0.3) is 0 Å². The number of rotatable bonds is 3. The maximum atomic E-state index is 12.9. The summed E-state index contributed by atoms with van der Waals surface area (Å²) in [5, 5.41) is 12.5. The second kappa shape index (κ2) is 4.61. The van der Waals surface area contributed by atoms with Gasteiger partial charge in [0, 0.05) is 18.3 Å². The van der Waals surface area contributed by atoms with Crippen LogP contribution in [0.1, 0.15) is 5.56 Å². The molecule has 3 nitrogen and oxygen atoms in total. The van der Waals surface area contributed by atoms with Crippen LogP contribution in [0, 0.1) is 5.82 Å². The largest absolute Gasteiger partial charge is 0.508 e. The average molecular weight is 218 g/mol. The number of phenolic OH excluding ortho intramolecular Hbond substituents is 1. The summed E-state index contributed by atoms with van der Waals surface area (Å²) in [5.41, 5.74) is 0.505. The number of anilines is 1. The van der Waals surface area contributed by atoms with Crippen LogP contribution in [0.5, 0.6) is 5.75 Å². The van der Waals surface area contributed by atoms with E-state index in [1.165, 1.54) is 18.2 Å². The van der Waals surface area contributed by atoms with E-state index in [-0.39, 0.29) is 11.6 Å². The molecule has 2 N–H and O–H groups in total. The number of phenols is 1. The molecule has 0 amide bonds. The summed E-state index contributed by atoms with van der Waals surface area (Å²) in [7, 11) is 0. The van der Waals surface area contributed by atoms with Crippen LogP contribution in [-0.4, -0.2) is 10.1 Å². The van der Waals surface area contributed by atoms with E-state index >= 15 is 0 Å². The maximum Gasteiger partial charge on any atom is 0.126 e. The topological polar surface area (TPSA) is 45.1 Å². The van der Waals surface area contributed by atoms with Crippen LogP contribution in [0.25, 0.3) is 0 Å². The van der Waals surface area contributed by atoms with Gasteiger partial charge in [0.15, 0.2) is 0 Å². The van der Waals surface area contributed by atoms with Crippen molar-refractivity contribution < 1.29 is 9.50 Å². The molecular formula is C12H11FN2O. The highest BCUT2D eigenvalue weighted by molar-refractivity contribution is 5.39. The van der Waals surface area contributed by atoms with Crippen LogP contribution in [0.4, 0.5) is 10.2 Å². The fourth-order valence-electron chi connectivity index (χ4n) is 1.35. The molecule has 82 valence electrons. The summed E-state index contributed by atoms with van der Waals surface area (Å²) in [6, 6.07) is 9.32. The van der Waals surface area contributed by atoms with E-state index in [1.807, 2.05) is 12.1 Å². The number of aromatic hydroxyl groups is 1. The van der Waals surface area contributed by atoms with Crippen LogP contribution >= 0.6 is 0 Å². The Balaban J connectivity index is 2.08. The molecule has 0 radical (unpaired) electrons. The molecule has 0 bridgehead atoms. The Morgan fingerprint density at radius 3 is 2.88 bits per heavy atom. The lowest BCUT2D eigenvalue weighted by Gasteiger charge is -2.07. The van der Waals surface area contributed by atoms with Crippen LogP contribution in [0.3, 0.4) is 0 Å². The van der Waals surface area contributed by atoms with Gasteiger partial charge in [-0.1, -0.05) is 6.07 Å². The van der Waals surface area contributed by atoms with Crippen molar-refractivity contribution >= 4 is 5.82 Å². The van der Waals surface area contributed by atoms with Gasteiger partial charge in [0.1, 0.15) is 17.4 Å². The normalized spacial score (nSPS) is 10.1. The Labute approximate surface area is 92.6 Å². The molecular weight excluding hydrogens is 207 g/mol. The first-order chi connectivity index (χ1) is 7.75. The van der Waals surface area contributed by atoms with Gasteiger partial charge >= 0.3 is 0 Å². The van der Waals surface area contributed by atoms with E-state index in [0.717, 1.165) is 0 Å². The van der Waals surface area contributed by atoms with E-state index < -0.39 is 0 Å². The van der Waals surface area contributed by atoms with Crippen LogP contribution < -0.4 is 5.32 Å². The first-order valence-electron chi connectivity index (χ1n) is 4.88. The highest BCUT2D eigenvalue weighted by atomic mass is 19.1. The monoisotopic (exact) mass is 218 g/mol. The minimum Gasteiger partial charge on any atom is -0.508 e. The molecule has 16 heavy (non-hydrogen) atoms. The number of nitrogens with one attached hydrogen (secondary N) is 1. The van der Waals surface area contributed by atoms with Crippen molar-refractivity contribution in [1.29, 1.82) is 0 Å². The molecule has 0 atom stereocenters. The Morgan fingerprint density at radius 2 is 2.12 bits per heavy atom. The first-order valence-corrected chi connectivity index (χ1v) is 4.88. The smallest absolute Gasteiger partial charge is 0.126 e. The maximum absolute atomic E-state index is 12.9. The van der Waals surface area contributed by atoms with Crippen molar-refractivity contribution in [3.8, 4) is 5.75 Å². The summed E-state index contributed by atoms with van der Waals surface area (Å²) in [6.07, 6.45) is 1.66. The average Bonchev–Trinajstić information content (AvgIpc) is 2.32. The lowest BCUT2D eigenvalue weighted by molar-refractivity contribution is 0.466. The fourth-order valence-corrected chi connectivity index (χ4v) is 1.35. The molecule has 1 heterocycles. The van der Waals surface area contributed by atoms with Crippen molar-refractivity contribution in [3.05, 3.63) is 54.0 Å². The molecule has 0 saturated carbocycles. The molecule has 0 saturated heterocycles. The zero-order chi connectivity index (χ0) is 11.4. The van der Waals surface area contributed by atoms with Gasteiger partial charge in [-0.25, -0.2) is 9.37 Å². The minimum absolute atomic E-state index is 0.0739. The third-order valence-corrected chi connectivity index (χ3v) is 2.17. The van der Waals surface area contributed by atoms with Crippen molar-refractivity contribution in [1.82, 2.24) is 4.98 Å². The van der Waals surface area contributed by atoms with Gasteiger partial charge in [-0.15, -0.1) is 0 Å². The van der Waals surface area contributed by atoms with Gasteiger partial charge in [0.2, 0.25) is 0 Å². The first kappa shape index (κ1) is 10.4. The Kier molecular flexibility index (Phi) is 3.00. The Bertz CT molecular complexity index is 474. The Hall–Kier alpha value is -2.10. The van der Waals surface area contributed by atoms with E-state index in [4.69, 9.17) is 0 Å². The predicted molar refractivity (Wildman–Crippen MR) is 59.6 cm³/mol. The number of aromatic nitrogens is 1. The fraction of sp³-hybridized carbons (Fsp3) is 0.0833. The van der Waals surface area contributed by atoms with Crippen LogP contribution in [0.2, 0.25) is 0 Å². The van der Waals surface area contributed by atoms with Gasteiger partial charge in [0.05, 0.1) is 0 Å². The zero-order valence-corrected chi connectivity index (χ0v) is 8.52. The number of halogens is 1. The summed E-state index contributed by atoms with van der Waals surface area (Å²) in [5.74, 6) is 0.395. The van der Waals surface area contributed by atoms with Gasteiger partial charge in [-0.2, -0.15) is 0 Å². The number of hydrogen-bond donors (Lipinski definition) is 2. The third kappa shape index (κ3) is 2.48. The molecule has 4 heteroatoms. The zero-order valence-electron chi connectivity index (χ0n) is 8.52. The van der Waals surface area contributed by atoms with Gasteiger partial charge in [-0.3, -0.25) is 0 Å². The standard InChI is InChI=1S/C12H11FN2O/c13-10-4-5-11(16)9(7-10)8-15-12-3-1-2-6-14-12/h1-7,16H,8H2,(H,14,15). The van der Waals surface area contributed by atoms with E-state index in [2.05, 4.69) is 10.3 Å². The van der Waals surface area contributed by atoms with Gasteiger partial charge in [-0.05, 0) is 30.3 Å². The molecule has 2 rings (SSSR count). The minimum atomic E-state index is -0.365. The third-order valence-electron chi connectivity index (χ3n) is 2.17. The quantitative estimate of drug-likeness (QED) is 0.832. The molecule has 0 aliphatic rings. The molecule has 2 aromatic rings. The SMILES string of the molecule is Oc1ccc(F)cc1CNc1ccccn1. The number of benzene rings is 1. The Morgan fingerprint density at radius 1 is 1.25 bits per heavy atom. The van der Waals surface area contributed by atoms with E-state index in [0.29, 0.717) is 17.9 Å². The lowest BCUT2D eigenvalue weighted by atomic mass is 10.2. The molecule has 0 aliphatic heterocycles. The molecule has 0 fully saturated rings. The predicted octanol–water partition coefficient (Wildman–Crippen LogP) is 2.54. The highest BCUT2D eigenvalue weighted by Gasteiger charge is 2.02. The second-order valence-corrected chi connectivity index (χ2v) is 3.34. The van der Waals surface area contributed by atoms with Crippen molar-refractivity contribution in [2.24, 2.45) is 0 Å². The summed E-state index contributed by atoms with van der Waals surface area (Å²) in [6.45, 7) is 0.334.